The van der Waals surface area contributed by atoms with Crippen LogP contribution in [0.1, 0.15) is 53.2 Å². The number of nitrogens with one attached hydrogen (secondary N) is 2. The van der Waals surface area contributed by atoms with E-state index in [4.69, 9.17) is 0 Å². The van der Waals surface area contributed by atoms with Crippen molar-refractivity contribution in [2.24, 2.45) is 0 Å². The van der Waals surface area contributed by atoms with E-state index in [0.717, 1.165) is 16.9 Å². The van der Waals surface area contributed by atoms with Gasteiger partial charge in [-0.1, -0.05) is 49.4 Å². The van der Waals surface area contributed by atoms with Crippen LogP contribution in [0, 0.1) is 0 Å². The van der Waals surface area contributed by atoms with E-state index in [1.54, 1.807) is 35.6 Å². The minimum atomic E-state index is -0.422. The highest BCUT2D eigenvalue weighted by Gasteiger charge is 2.21. The summed E-state index contributed by atoms with van der Waals surface area (Å²) in [6.07, 6.45) is 0.996. The lowest BCUT2D eigenvalue weighted by Crippen LogP contribution is -2.40. The third-order valence-electron chi connectivity index (χ3n) is 4.90. The van der Waals surface area contributed by atoms with E-state index in [1.807, 2.05) is 18.4 Å². The molecule has 0 aliphatic heterocycles. The SMILES string of the molecule is CCc1ccc([C@H](N[C@@H](C)C(=O)Nc2cccc(C(C)=O)c2)c2cccs2)cc1. The Morgan fingerprint density at radius 1 is 1.03 bits per heavy atom. The summed E-state index contributed by atoms with van der Waals surface area (Å²) in [5.74, 6) is -0.169. The van der Waals surface area contributed by atoms with Crippen LogP contribution in [0.15, 0.2) is 66.0 Å². The highest BCUT2D eigenvalue weighted by atomic mass is 32.1. The number of ketones is 1. The van der Waals surface area contributed by atoms with Gasteiger partial charge in [0.05, 0.1) is 12.1 Å². The first-order valence-electron chi connectivity index (χ1n) is 9.78. The Bertz CT molecular complexity index is 965. The standard InChI is InChI=1S/C24H26N2O2S/c1-4-18-10-12-19(13-11-18)23(22-9-6-14-29-22)25-16(2)24(28)26-21-8-5-7-20(15-21)17(3)27/h5-16,23,25H,4H2,1-3H3,(H,26,28)/t16-,23-/m0/s1. The first kappa shape index (κ1) is 21.0. The van der Waals surface area contributed by atoms with Crippen molar-refractivity contribution in [1.29, 1.82) is 0 Å². The number of rotatable bonds is 8. The van der Waals surface area contributed by atoms with Gasteiger partial charge in [-0.15, -0.1) is 11.3 Å². The Balaban J connectivity index is 1.75. The van der Waals surface area contributed by atoms with Gasteiger partial charge in [-0.25, -0.2) is 0 Å². The zero-order valence-corrected chi connectivity index (χ0v) is 17.8. The van der Waals surface area contributed by atoms with E-state index >= 15 is 0 Å². The molecule has 0 radical (unpaired) electrons. The zero-order chi connectivity index (χ0) is 20.8. The van der Waals surface area contributed by atoms with Crippen molar-refractivity contribution in [2.45, 2.75) is 39.3 Å². The average molecular weight is 407 g/mol. The van der Waals surface area contributed by atoms with Gasteiger partial charge in [-0.05, 0) is 55.0 Å². The maximum absolute atomic E-state index is 12.8. The second-order valence-electron chi connectivity index (χ2n) is 7.06. The first-order chi connectivity index (χ1) is 14.0. The molecular formula is C24H26N2O2S. The van der Waals surface area contributed by atoms with E-state index in [0.29, 0.717) is 11.3 Å². The summed E-state index contributed by atoms with van der Waals surface area (Å²) in [5.41, 5.74) is 3.62. The Labute approximate surface area is 176 Å². The van der Waals surface area contributed by atoms with E-state index in [9.17, 15) is 9.59 Å². The number of benzene rings is 2. The van der Waals surface area contributed by atoms with E-state index in [1.165, 1.54) is 12.5 Å². The highest BCUT2D eigenvalue weighted by Crippen LogP contribution is 2.27. The summed E-state index contributed by atoms with van der Waals surface area (Å²) in [7, 11) is 0. The minimum absolute atomic E-state index is 0.0273. The molecule has 0 saturated heterocycles. The van der Waals surface area contributed by atoms with Crippen molar-refractivity contribution in [3.05, 3.63) is 87.6 Å². The summed E-state index contributed by atoms with van der Waals surface area (Å²) in [5, 5.41) is 8.41. The van der Waals surface area contributed by atoms with E-state index in [-0.39, 0.29) is 17.7 Å². The van der Waals surface area contributed by atoms with Gasteiger partial charge in [0.15, 0.2) is 5.78 Å². The summed E-state index contributed by atoms with van der Waals surface area (Å²) in [4.78, 5) is 25.5. The van der Waals surface area contributed by atoms with E-state index in [2.05, 4.69) is 47.9 Å². The highest BCUT2D eigenvalue weighted by molar-refractivity contribution is 7.10. The van der Waals surface area contributed by atoms with E-state index < -0.39 is 6.04 Å². The normalized spacial score (nSPS) is 12.9. The van der Waals surface area contributed by atoms with Gasteiger partial charge in [0.25, 0.3) is 0 Å². The van der Waals surface area contributed by atoms with Crippen LogP contribution in [0.4, 0.5) is 5.69 Å². The molecule has 29 heavy (non-hydrogen) atoms. The largest absolute Gasteiger partial charge is 0.325 e. The minimum Gasteiger partial charge on any atom is -0.325 e. The molecule has 1 amide bonds. The Hall–Kier alpha value is -2.76. The molecule has 5 heteroatoms. The molecule has 1 aromatic heterocycles. The maximum Gasteiger partial charge on any atom is 0.241 e. The third-order valence-corrected chi connectivity index (χ3v) is 5.83. The number of hydrogen-bond donors (Lipinski definition) is 2. The zero-order valence-electron chi connectivity index (χ0n) is 16.9. The van der Waals surface area contributed by atoms with Crippen LogP contribution < -0.4 is 10.6 Å². The Kier molecular flexibility index (Phi) is 6.96. The van der Waals surface area contributed by atoms with Crippen LogP contribution in [0.25, 0.3) is 0 Å². The van der Waals surface area contributed by atoms with Crippen molar-refractivity contribution >= 4 is 28.7 Å². The summed E-state index contributed by atoms with van der Waals surface area (Å²) in [6.45, 7) is 5.50. The molecule has 2 aromatic carbocycles. The Morgan fingerprint density at radius 2 is 1.79 bits per heavy atom. The van der Waals surface area contributed by atoms with Crippen molar-refractivity contribution in [2.75, 3.05) is 5.32 Å². The molecule has 0 aliphatic rings. The van der Waals surface area contributed by atoms with Crippen LogP contribution in [-0.2, 0) is 11.2 Å². The van der Waals surface area contributed by atoms with Crippen LogP contribution in [-0.4, -0.2) is 17.7 Å². The lowest BCUT2D eigenvalue weighted by molar-refractivity contribution is -0.117. The molecule has 150 valence electrons. The lowest BCUT2D eigenvalue weighted by atomic mass is 10.0. The molecule has 1 heterocycles. The predicted molar refractivity (Wildman–Crippen MR) is 120 cm³/mol. The molecule has 3 aromatic rings. The van der Waals surface area contributed by atoms with Gasteiger partial charge in [0.1, 0.15) is 0 Å². The molecule has 2 atom stereocenters. The molecule has 0 fully saturated rings. The van der Waals surface area contributed by atoms with Crippen LogP contribution in [0.3, 0.4) is 0 Å². The number of anilines is 1. The smallest absolute Gasteiger partial charge is 0.241 e. The fourth-order valence-electron chi connectivity index (χ4n) is 3.14. The molecule has 0 spiro atoms. The molecular weight excluding hydrogens is 380 g/mol. The molecule has 0 bridgehead atoms. The van der Waals surface area contributed by atoms with Gasteiger partial charge < -0.3 is 5.32 Å². The fraction of sp³-hybridized carbons (Fsp3) is 0.250. The number of amides is 1. The summed E-state index contributed by atoms with van der Waals surface area (Å²) < 4.78 is 0. The molecule has 0 saturated carbocycles. The first-order valence-corrected chi connectivity index (χ1v) is 10.7. The number of Topliss-reactive ketones (excluding diaryl/α,β-unsaturated/α-hetero) is 1. The third kappa shape index (κ3) is 5.40. The van der Waals surface area contributed by atoms with Crippen LogP contribution in [0.5, 0.6) is 0 Å². The van der Waals surface area contributed by atoms with Crippen molar-refractivity contribution in [3.8, 4) is 0 Å². The van der Waals surface area contributed by atoms with Gasteiger partial charge in [-0.3, -0.25) is 14.9 Å². The molecule has 3 rings (SSSR count). The number of thiophene rings is 1. The van der Waals surface area contributed by atoms with Crippen LogP contribution >= 0.6 is 11.3 Å². The number of carbonyl (C=O) groups excluding carboxylic acids is 2. The predicted octanol–water partition coefficient (Wildman–Crippen LogP) is 5.22. The van der Waals surface area contributed by atoms with Gasteiger partial charge in [0, 0.05) is 16.1 Å². The van der Waals surface area contributed by atoms with Gasteiger partial charge in [0.2, 0.25) is 5.91 Å². The molecule has 0 unspecified atom stereocenters. The molecule has 4 nitrogen and oxygen atoms in total. The second-order valence-corrected chi connectivity index (χ2v) is 8.04. The maximum atomic E-state index is 12.8. The molecule has 0 aliphatic carbocycles. The second kappa shape index (κ2) is 9.63. The average Bonchev–Trinajstić information content (AvgIpc) is 3.26. The van der Waals surface area contributed by atoms with Crippen LogP contribution in [0.2, 0.25) is 0 Å². The quantitative estimate of drug-likeness (QED) is 0.504. The topological polar surface area (TPSA) is 58.2 Å². The Morgan fingerprint density at radius 3 is 2.41 bits per heavy atom. The number of hydrogen-bond acceptors (Lipinski definition) is 4. The lowest BCUT2D eigenvalue weighted by Gasteiger charge is -2.23. The fourth-order valence-corrected chi connectivity index (χ4v) is 3.95. The van der Waals surface area contributed by atoms with Crippen molar-refractivity contribution < 1.29 is 9.59 Å². The van der Waals surface area contributed by atoms with Gasteiger partial charge >= 0.3 is 0 Å². The van der Waals surface area contributed by atoms with Crippen molar-refractivity contribution in [3.63, 3.8) is 0 Å². The van der Waals surface area contributed by atoms with Gasteiger partial charge in [-0.2, -0.15) is 0 Å². The van der Waals surface area contributed by atoms with Crippen molar-refractivity contribution in [1.82, 2.24) is 5.32 Å². The number of carbonyl (C=O) groups is 2. The monoisotopic (exact) mass is 406 g/mol. The molecule has 2 N–H and O–H groups in total. The summed E-state index contributed by atoms with van der Waals surface area (Å²) in [6, 6.07) is 19.1. The number of aryl methyl sites for hydroxylation is 1. The summed E-state index contributed by atoms with van der Waals surface area (Å²) >= 11 is 1.67.